The number of carbonyl (C=O) groups excluding carboxylic acids is 1. The third-order valence-corrected chi connectivity index (χ3v) is 1.43. The standard InChI is InChI=1S/C9H7O5/c10-4-6-1-2-7(11)8(3-6)14-5-9(12)13/h1-3,11H,5H2,(H,12,13). The van der Waals surface area contributed by atoms with E-state index < -0.39 is 12.6 Å². The molecular weight excluding hydrogens is 188 g/mol. The number of carboxylic acid groups (broad SMARTS) is 1. The Kier molecular flexibility index (Phi) is 3.06. The second-order valence-corrected chi connectivity index (χ2v) is 2.47. The number of aromatic hydroxyl groups is 1. The number of carbonyl (C=O) groups is 1. The van der Waals surface area contributed by atoms with Crippen LogP contribution in [0.2, 0.25) is 0 Å². The monoisotopic (exact) mass is 195 g/mol. The number of aliphatic carboxylic acids is 1. The molecule has 0 aliphatic heterocycles. The van der Waals surface area contributed by atoms with Gasteiger partial charge in [-0.3, -0.25) is 4.79 Å². The van der Waals surface area contributed by atoms with E-state index in [1.165, 1.54) is 18.2 Å². The highest BCUT2D eigenvalue weighted by atomic mass is 16.5. The normalized spacial score (nSPS) is 9.43. The summed E-state index contributed by atoms with van der Waals surface area (Å²) in [4.78, 5) is 20.4. The van der Waals surface area contributed by atoms with Crippen molar-refractivity contribution in [2.24, 2.45) is 0 Å². The van der Waals surface area contributed by atoms with Crippen LogP contribution in [0.15, 0.2) is 18.2 Å². The van der Waals surface area contributed by atoms with E-state index >= 15 is 0 Å². The van der Waals surface area contributed by atoms with Crippen molar-refractivity contribution in [2.45, 2.75) is 0 Å². The molecule has 73 valence electrons. The van der Waals surface area contributed by atoms with Gasteiger partial charge in [0.25, 0.3) is 0 Å². The molecule has 0 bridgehead atoms. The molecule has 0 atom stereocenters. The second-order valence-electron chi connectivity index (χ2n) is 2.47. The van der Waals surface area contributed by atoms with Crippen LogP contribution in [0.25, 0.3) is 0 Å². The predicted octanol–water partition coefficient (Wildman–Crippen LogP) is 0.313. The van der Waals surface area contributed by atoms with Crippen LogP contribution in [0.3, 0.4) is 0 Å². The number of benzene rings is 1. The number of hydrogen-bond acceptors (Lipinski definition) is 4. The van der Waals surface area contributed by atoms with Gasteiger partial charge in [0.2, 0.25) is 6.29 Å². The van der Waals surface area contributed by atoms with Gasteiger partial charge in [-0.1, -0.05) is 0 Å². The number of ether oxygens (including phenoxy) is 1. The molecule has 2 N–H and O–H groups in total. The molecule has 0 fully saturated rings. The first kappa shape index (κ1) is 10.0. The van der Waals surface area contributed by atoms with Crippen molar-refractivity contribution >= 4 is 12.3 Å². The lowest BCUT2D eigenvalue weighted by Gasteiger charge is -2.05. The van der Waals surface area contributed by atoms with Crippen LogP contribution in [-0.4, -0.2) is 29.1 Å². The number of rotatable bonds is 4. The highest BCUT2D eigenvalue weighted by molar-refractivity contribution is 5.77. The Bertz CT molecular complexity index is 358. The summed E-state index contributed by atoms with van der Waals surface area (Å²) in [5.41, 5.74) is 0.184. The second kappa shape index (κ2) is 4.27. The highest BCUT2D eigenvalue weighted by Gasteiger charge is 2.06. The smallest absolute Gasteiger partial charge is 0.341 e. The fourth-order valence-electron chi connectivity index (χ4n) is 0.833. The summed E-state index contributed by atoms with van der Waals surface area (Å²) < 4.78 is 4.71. The number of hydrogen-bond donors (Lipinski definition) is 2. The van der Waals surface area contributed by atoms with Crippen molar-refractivity contribution in [3.05, 3.63) is 23.8 Å². The maximum Gasteiger partial charge on any atom is 0.341 e. The fraction of sp³-hybridized carbons (Fsp3) is 0.111. The summed E-state index contributed by atoms with van der Waals surface area (Å²) in [5.74, 6) is -1.43. The van der Waals surface area contributed by atoms with E-state index in [4.69, 9.17) is 9.84 Å². The van der Waals surface area contributed by atoms with Gasteiger partial charge in [0.15, 0.2) is 18.1 Å². The zero-order chi connectivity index (χ0) is 10.6. The SMILES string of the molecule is O=[C]c1ccc(O)c(OCC(=O)O)c1. The van der Waals surface area contributed by atoms with Gasteiger partial charge in [0.05, 0.1) is 0 Å². The van der Waals surface area contributed by atoms with E-state index in [9.17, 15) is 14.7 Å². The zero-order valence-corrected chi connectivity index (χ0v) is 7.06. The van der Waals surface area contributed by atoms with E-state index in [2.05, 4.69) is 0 Å². The average molecular weight is 195 g/mol. The van der Waals surface area contributed by atoms with Crippen LogP contribution in [0.4, 0.5) is 0 Å². The summed E-state index contributed by atoms with van der Waals surface area (Å²) in [6.45, 7) is -0.574. The molecule has 0 amide bonds. The Morgan fingerprint density at radius 3 is 2.79 bits per heavy atom. The minimum Gasteiger partial charge on any atom is -0.504 e. The van der Waals surface area contributed by atoms with Gasteiger partial charge in [-0.05, 0) is 18.2 Å². The minimum atomic E-state index is -1.16. The average Bonchev–Trinajstić information content (AvgIpc) is 2.16. The van der Waals surface area contributed by atoms with E-state index in [1.54, 1.807) is 6.29 Å². The van der Waals surface area contributed by atoms with Crippen LogP contribution < -0.4 is 4.74 Å². The van der Waals surface area contributed by atoms with Gasteiger partial charge < -0.3 is 14.9 Å². The summed E-state index contributed by atoms with van der Waals surface area (Å²) in [6.07, 6.45) is 1.59. The summed E-state index contributed by atoms with van der Waals surface area (Å²) in [6, 6.07) is 3.79. The molecule has 0 saturated carbocycles. The summed E-state index contributed by atoms with van der Waals surface area (Å²) in [7, 11) is 0. The van der Waals surface area contributed by atoms with E-state index in [0.717, 1.165) is 0 Å². The van der Waals surface area contributed by atoms with Crippen molar-refractivity contribution in [3.63, 3.8) is 0 Å². The van der Waals surface area contributed by atoms with Gasteiger partial charge in [0, 0.05) is 5.56 Å². The Morgan fingerprint density at radius 2 is 2.21 bits per heavy atom. The Labute approximate surface area is 79.6 Å². The number of carboxylic acids is 1. The topological polar surface area (TPSA) is 83.8 Å². The first-order chi connectivity index (χ1) is 6.63. The molecule has 5 heteroatoms. The molecule has 1 aromatic carbocycles. The van der Waals surface area contributed by atoms with Gasteiger partial charge in [-0.2, -0.15) is 0 Å². The molecule has 0 heterocycles. The minimum absolute atomic E-state index is 0.0479. The van der Waals surface area contributed by atoms with Gasteiger partial charge >= 0.3 is 5.97 Å². The Balaban J connectivity index is 2.83. The first-order valence-corrected chi connectivity index (χ1v) is 3.69. The molecule has 1 rings (SSSR count). The van der Waals surface area contributed by atoms with E-state index in [1.807, 2.05) is 0 Å². The third-order valence-electron chi connectivity index (χ3n) is 1.43. The maximum atomic E-state index is 10.2. The lowest BCUT2D eigenvalue weighted by atomic mass is 10.2. The lowest BCUT2D eigenvalue weighted by molar-refractivity contribution is -0.139. The quantitative estimate of drug-likeness (QED) is 0.722. The van der Waals surface area contributed by atoms with Crippen LogP contribution in [-0.2, 0) is 9.59 Å². The number of phenols is 1. The molecular formula is C9H7O5. The molecule has 1 aromatic rings. The van der Waals surface area contributed by atoms with E-state index in [0.29, 0.717) is 0 Å². The molecule has 5 nitrogen and oxygen atoms in total. The van der Waals surface area contributed by atoms with Crippen molar-refractivity contribution in [2.75, 3.05) is 6.61 Å². The first-order valence-electron chi connectivity index (χ1n) is 3.69. The van der Waals surface area contributed by atoms with Crippen molar-refractivity contribution in [3.8, 4) is 11.5 Å². The van der Waals surface area contributed by atoms with Crippen LogP contribution in [0.1, 0.15) is 5.56 Å². The third kappa shape index (κ3) is 2.48. The molecule has 0 spiro atoms. The summed E-state index contributed by atoms with van der Waals surface area (Å²) in [5, 5.41) is 17.5. The zero-order valence-electron chi connectivity index (χ0n) is 7.06. The number of phenolic OH excluding ortho intramolecular Hbond substituents is 1. The molecule has 0 saturated heterocycles. The fourth-order valence-corrected chi connectivity index (χ4v) is 0.833. The van der Waals surface area contributed by atoms with Crippen molar-refractivity contribution in [1.82, 2.24) is 0 Å². The Morgan fingerprint density at radius 1 is 1.50 bits per heavy atom. The predicted molar refractivity (Wildman–Crippen MR) is 46.0 cm³/mol. The van der Waals surface area contributed by atoms with Crippen molar-refractivity contribution in [1.29, 1.82) is 0 Å². The highest BCUT2D eigenvalue weighted by Crippen LogP contribution is 2.25. The molecule has 0 aliphatic rings. The molecule has 0 aliphatic carbocycles. The molecule has 1 radical (unpaired) electrons. The summed E-state index contributed by atoms with van der Waals surface area (Å²) >= 11 is 0. The maximum absolute atomic E-state index is 10.2. The van der Waals surface area contributed by atoms with Crippen LogP contribution >= 0.6 is 0 Å². The molecule has 14 heavy (non-hydrogen) atoms. The van der Waals surface area contributed by atoms with Gasteiger partial charge in [-0.25, -0.2) is 4.79 Å². The molecule has 0 aromatic heterocycles. The lowest BCUT2D eigenvalue weighted by Crippen LogP contribution is -2.09. The van der Waals surface area contributed by atoms with Gasteiger partial charge in [0.1, 0.15) is 0 Å². The van der Waals surface area contributed by atoms with E-state index in [-0.39, 0.29) is 17.1 Å². The van der Waals surface area contributed by atoms with Crippen molar-refractivity contribution < 1.29 is 24.5 Å². The largest absolute Gasteiger partial charge is 0.504 e. The molecule has 0 unspecified atom stereocenters. The Hall–Kier alpha value is -2.04. The van der Waals surface area contributed by atoms with Crippen LogP contribution in [0.5, 0.6) is 11.5 Å². The van der Waals surface area contributed by atoms with Crippen LogP contribution in [0, 0.1) is 0 Å². The van der Waals surface area contributed by atoms with Gasteiger partial charge in [-0.15, -0.1) is 0 Å².